The predicted molar refractivity (Wildman–Crippen MR) is 107 cm³/mol. The average molecular weight is 373 g/mol. The lowest BCUT2D eigenvalue weighted by atomic mass is 9.90. The van der Waals surface area contributed by atoms with Crippen LogP contribution in [0.3, 0.4) is 0 Å². The Bertz CT molecular complexity index is 1060. The number of hydrogen-bond acceptors (Lipinski definition) is 4. The highest BCUT2D eigenvalue weighted by Gasteiger charge is 2.27. The fourth-order valence-corrected chi connectivity index (χ4v) is 3.96. The van der Waals surface area contributed by atoms with E-state index in [2.05, 4.69) is 25.9 Å². The SMILES string of the molecule is CC(C)C(=O)N[C@@H]1CCc2c(c3cc(C#N)ccc3n2Cc2cnccn2)C1. The lowest BCUT2D eigenvalue weighted by Crippen LogP contribution is -2.41. The minimum absolute atomic E-state index is 0.0235. The molecule has 0 unspecified atom stereocenters. The van der Waals surface area contributed by atoms with E-state index in [0.717, 1.165) is 35.9 Å². The number of nitrogens with zero attached hydrogens (tertiary/aromatic N) is 4. The minimum Gasteiger partial charge on any atom is -0.353 e. The van der Waals surface area contributed by atoms with Crippen molar-refractivity contribution in [2.24, 2.45) is 5.92 Å². The molecule has 0 bridgehead atoms. The Morgan fingerprint density at radius 1 is 1.39 bits per heavy atom. The number of amides is 1. The van der Waals surface area contributed by atoms with Gasteiger partial charge < -0.3 is 9.88 Å². The van der Waals surface area contributed by atoms with E-state index in [1.54, 1.807) is 18.6 Å². The van der Waals surface area contributed by atoms with E-state index in [9.17, 15) is 10.1 Å². The fraction of sp³-hybridized carbons (Fsp3) is 0.364. The van der Waals surface area contributed by atoms with Crippen LogP contribution in [-0.4, -0.2) is 26.5 Å². The Hall–Kier alpha value is -3.20. The molecule has 2 aromatic heterocycles. The number of nitrogens with one attached hydrogen (secondary N) is 1. The molecule has 1 aliphatic rings. The largest absolute Gasteiger partial charge is 0.353 e. The van der Waals surface area contributed by atoms with E-state index < -0.39 is 0 Å². The van der Waals surface area contributed by atoms with Crippen LogP contribution in [-0.2, 0) is 24.2 Å². The van der Waals surface area contributed by atoms with Crippen LogP contribution in [0.25, 0.3) is 10.9 Å². The minimum atomic E-state index is -0.0235. The normalized spacial score (nSPS) is 16.0. The Morgan fingerprint density at radius 2 is 2.25 bits per heavy atom. The lowest BCUT2D eigenvalue weighted by molar-refractivity contribution is -0.124. The smallest absolute Gasteiger partial charge is 0.222 e. The van der Waals surface area contributed by atoms with Crippen LogP contribution in [0.5, 0.6) is 0 Å². The molecule has 0 fully saturated rings. The summed E-state index contributed by atoms with van der Waals surface area (Å²) in [4.78, 5) is 20.8. The Kier molecular flexibility index (Phi) is 4.82. The van der Waals surface area contributed by atoms with Crippen LogP contribution in [0.1, 0.15) is 42.8 Å². The molecule has 0 spiro atoms. The van der Waals surface area contributed by atoms with E-state index in [4.69, 9.17) is 0 Å². The summed E-state index contributed by atoms with van der Waals surface area (Å²) in [5, 5.41) is 13.6. The van der Waals surface area contributed by atoms with Crippen molar-refractivity contribution < 1.29 is 4.79 Å². The van der Waals surface area contributed by atoms with Gasteiger partial charge in [-0.05, 0) is 43.0 Å². The van der Waals surface area contributed by atoms with E-state index in [-0.39, 0.29) is 17.9 Å². The summed E-state index contributed by atoms with van der Waals surface area (Å²) in [6, 6.07) is 8.21. The Balaban J connectivity index is 1.76. The highest BCUT2D eigenvalue weighted by molar-refractivity contribution is 5.87. The molecule has 1 N–H and O–H groups in total. The molecule has 1 amide bonds. The van der Waals surface area contributed by atoms with Crippen LogP contribution >= 0.6 is 0 Å². The Morgan fingerprint density at radius 3 is 2.96 bits per heavy atom. The molecule has 3 aromatic rings. The van der Waals surface area contributed by atoms with Gasteiger partial charge in [-0.15, -0.1) is 0 Å². The molecule has 0 aliphatic heterocycles. The van der Waals surface area contributed by atoms with Crippen LogP contribution < -0.4 is 5.32 Å². The van der Waals surface area contributed by atoms with Gasteiger partial charge in [-0.1, -0.05) is 13.8 Å². The first-order valence-corrected chi connectivity index (χ1v) is 9.66. The van der Waals surface area contributed by atoms with E-state index >= 15 is 0 Å². The zero-order valence-electron chi connectivity index (χ0n) is 16.1. The number of fused-ring (bicyclic) bond motifs is 3. The van der Waals surface area contributed by atoms with Crippen molar-refractivity contribution in [2.45, 2.75) is 45.7 Å². The quantitative estimate of drug-likeness (QED) is 0.762. The van der Waals surface area contributed by atoms with Crippen molar-refractivity contribution >= 4 is 16.8 Å². The number of hydrogen-bond donors (Lipinski definition) is 1. The highest BCUT2D eigenvalue weighted by atomic mass is 16.1. The molecule has 142 valence electrons. The van der Waals surface area contributed by atoms with Crippen molar-refractivity contribution in [1.29, 1.82) is 5.26 Å². The summed E-state index contributed by atoms with van der Waals surface area (Å²) in [5.74, 6) is 0.0686. The molecule has 1 aromatic carbocycles. The second-order valence-corrected chi connectivity index (χ2v) is 7.65. The molecule has 2 heterocycles. The van der Waals surface area contributed by atoms with Gasteiger partial charge in [0.15, 0.2) is 0 Å². The van der Waals surface area contributed by atoms with E-state index in [0.29, 0.717) is 12.1 Å². The van der Waals surface area contributed by atoms with Crippen molar-refractivity contribution in [3.8, 4) is 6.07 Å². The molecule has 4 rings (SSSR count). The highest BCUT2D eigenvalue weighted by Crippen LogP contribution is 2.33. The van der Waals surface area contributed by atoms with Gasteiger partial charge in [0.25, 0.3) is 0 Å². The van der Waals surface area contributed by atoms with E-state index in [1.807, 2.05) is 32.0 Å². The zero-order chi connectivity index (χ0) is 19.7. The molecule has 0 saturated carbocycles. The van der Waals surface area contributed by atoms with Crippen molar-refractivity contribution in [3.63, 3.8) is 0 Å². The third-order valence-corrected chi connectivity index (χ3v) is 5.40. The van der Waals surface area contributed by atoms with Crippen LogP contribution in [0.4, 0.5) is 0 Å². The van der Waals surface area contributed by atoms with Gasteiger partial charge in [0, 0.05) is 41.0 Å². The van der Waals surface area contributed by atoms with Gasteiger partial charge in [0.1, 0.15) is 0 Å². The monoisotopic (exact) mass is 373 g/mol. The fourth-order valence-electron chi connectivity index (χ4n) is 3.96. The summed E-state index contributed by atoms with van der Waals surface area (Å²) < 4.78 is 2.29. The van der Waals surface area contributed by atoms with Gasteiger partial charge in [-0.2, -0.15) is 5.26 Å². The summed E-state index contributed by atoms with van der Waals surface area (Å²) in [5.41, 5.74) is 5.16. The average Bonchev–Trinajstić information content (AvgIpc) is 3.01. The topological polar surface area (TPSA) is 83.6 Å². The standard InChI is InChI=1S/C22H23N5O/c1-14(2)22(28)26-16-4-6-21-19(10-16)18-9-15(11-23)3-5-20(18)27(21)13-17-12-24-7-8-25-17/h3,5,7-9,12,14,16H,4,6,10,13H2,1-2H3,(H,26,28)/t16-/m1/s1. The second kappa shape index (κ2) is 7.43. The van der Waals surface area contributed by atoms with Crippen LogP contribution in [0, 0.1) is 17.2 Å². The third kappa shape index (κ3) is 3.36. The van der Waals surface area contributed by atoms with Crippen molar-refractivity contribution in [1.82, 2.24) is 19.9 Å². The zero-order valence-corrected chi connectivity index (χ0v) is 16.1. The number of carbonyl (C=O) groups is 1. The number of benzene rings is 1. The molecule has 6 nitrogen and oxygen atoms in total. The lowest BCUT2D eigenvalue weighted by Gasteiger charge is -2.26. The summed E-state index contributed by atoms with van der Waals surface area (Å²) in [6.07, 6.45) is 7.75. The third-order valence-electron chi connectivity index (χ3n) is 5.40. The maximum absolute atomic E-state index is 12.2. The number of carbonyl (C=O) groups excluding carboxylic acids is 1. The number of aromatic nitrogens is 3. The first kappa shape index (κ1) is 18.2. The molecule has 6 heteroatoms. The molecule has 0 radical (unpaired) electrons. The second-order valence-electron chi connectivity index (χ2n) is 7.65. The molecule has 1 aliphatic carbocycles. The first-order valence-electron chi connectivity index (χ1n) is 9.66. The molecular formula is C22H23N5O. The predicted octanol–water partition coefficient (Wildman–Crippen LogP) is 2.98. The molecule has 1 atom stereocenters. The number of rotatable bonds is 4. The van der Waals surface area contributed by atoms with Crippen LogP contribution in [0.2, 0.25) is 0 Å². The maximum Gasteiger partial charge on any atom is 0.222 e. The molecular weight excluding hydrogens is 350 g/mol. The summed E-state index contributed by atoms with van der Waals surface area (Å²) in [6.45, 7) is 4.47. The van der Waals surface area contributed by atoms with Gasteiger partial charge in [-0.3, -0.25) is 14.8 Å². The van der Waals surface area contributed by atoms with Gasteiger partial charge >= 0.3 is 0 Å². The summed E-state index contributed by atoms with van der Waals surface area (Å²) >= 11 is 0. The Labute approximate surface area is 164 Å². The van der Waals surface area contributed by atoms with Gasteiger partial charge in [0.05, 0.1) is 30.1 Å². The first-order chi connectivity index (χ1) is 13.6. The number of nitriles is 1. The maximum atomic E-state index is 12.2. The molecule has 28 heavy (non-hydrogen) atoms. The van der Waals surface area contributed by atoms with Gasteiger partial charge in [0.2, 0.25) is 5.91 Å². The van der Waals surface area contributed by atoms with E-state index in [1.165, 1.54) is 11.3 Å². The van der Waals surface area contributed by atoms with Crippen molar-refractivity contribution in [3.05, 3.63) is 59.3 Å². The van der Waals surface area contributed by atoms with Gasteiger partial charge in [-0.25, -0.2) is 0 Å². The summed E-state index contributed by atoms with van der Waals surface area (Å²) in [7, 11) is 0. The van der Waals surface area contributed by atoms with Crippen molar-refractivity contribution in [2.75, 3.05) is 0 Å². The molecule has 0 saturated heterocycles. The van der Waals surface area contributed by atoms with Crippen LogP contribution in [0.15, 0.2) is 36.8 Å².